The number of nitrogens with one attached hydrogen (secondary N) is 1. The molecule has 0 aromatic heterocycles. The van der Waals surface area contributed by atoms with Gasteiger partial charge in [-0.25, -0.2) is 0 Å². The Morgan fingerprint density at radius 3 is 2.69 bits per heavy atom. The quantitative estimate of drug-likeness (QED) is 0.736. The van der Waals surface area contributed by atoms with Crippen molar-refractivity contribution in [2.75, 3.05) is 20.4 Å². The van der Waals surface area contributed by atoms with Gasteiger partial charge in [0.25, 0.3) is 0 Å². The Morgan fingerprint density at radius 1 is 1.15 bits per heavy atom. The van der Waals surface area contributed by atoms with E-state index in [2.05, 4.69) is 17.5 Å². The molecule has 1 aliphatic rings. The molecule has 1 N–H and O–H groups in total. The SMILES string of the molecule is COCOc1c(C2=NNCCC2C)ccc(OCc2ccccc2)c1Cl. The van der Waals surface area contributed by atoms with E-state index >= 15 is 0 Å². The van der Waals surface area contributed by atoms with E-state index in [1.165, 1.54) is 0 Å². The number of ether oxygens (including phenoxy) is 3. The first kappa shape index (κ1) is 18.5. The van der Waals surface area contributed by atoms with E-state index in [-0.39, 0.29) is 6.79 Å². The van der Waals surface area contributed by atoms with Gasteiger partial charge in [0.05, 0.1) is 5.71 Å². The van der Waals surface area contributed by atoms with Gasteiger partial charge in [-0.05, 0) is 24.1 Å². The van der Waals surface area contributed by atoms with Crippen molar-refractivity contribution in [2.24, 2.45) is 11.0 Å². The Labute approximate surface area is 158 Å². The predicted octanol–water partition coefficient (Wildman–Crippen LogP) is 4.24. The zero-order valence-electron chi connectivity index (χ0n) is 15.0. The van der Waals surface area contributed by atoms with E-state index in [0.29, 0.717) is 29.0 Å². The normalized spacial score (nSPS) is 16.6. The number of benzene rings is 2. The molecule has 138 valence electrons. The fourth-order valence-electron chi connectivity index (χ4n) is 2.84. The van der Waals surface area contributed by atoms with Crippen molar-refractivity contribution in [3.63, 3.8) is 0 Å². The maximum Gasteiger partial charge on any atom is 0.188 e. The van der Waals surface area contributed by atoms with Crippen LogP contribution in [0.5, 0.6) is 11.5 Å². The molecule has 0 bridgehead atoms. The number of hydrazone groups is 1. The highest BCUT2D eigenvalue weighted by atomic mass is 35.5. The lowest BCUT2D eigenvalue weighted by Gasteiger charge is -2.23. The van der Waals surface area contributed by atoms with Crippen LogP contribution < -0.4 is 14.9 Å². The van der Waals surface area contributed by atoms with Crippen LogP contribution in [0, 0.1) is 5.92 Å². The molecule has 0 radical (unpaired) electrons. The molecular formula is C20H23ClN2O3. The van der Waals surface area contributed by atoms with Gasteiger partial charge in [0, 0.05) is 25.1 Å². The third kappa shape index (κ3) is 4.29. The van der Waals surface area contributed by atoms with E-state index < -0.39 is 0 Å². The molecule has 26 heavy (non-hydrogen) atoms. The van der Waals surface area contributed by atoms with Crippen molar-refractivity contribution in [3.05, 3.63) is 58.6 Å². The van der Waals surface area contributed by atoms with Crippen LogP contribution in [-0.4, -0.2) is 26.2 Å². The summed E-state index contributed by atoms with van der Waals surface area (Å²) in [7, 11) is 1.58. The smallest absolute Gasteiger partial charge is 0.188 e. The second-order valence-corrected chi connectivity index (χ2v) is 6.55. The summed E-state index contributed by atoms with van der Waals surface area (Å²) in [6.07, 6.45) is 1.01. The van der Waals surface area contributed by atoms with Gasteiger partial charge in [-0.15, -0.1) is 0 Å². The monoisotopic (exact) mass is 374 g/mol. The zero-order chi connectivity index (χ0) is 18.4. The largest absolute Gasteiger partial charge is 0.487 e. The van der Waals surface area contributed by atoms with Gasteiger partial charge in [0.1, 0.15) is 17.4 Å². The summed E-state index contributed by atoms with van der Waals surface area (Å²) in [5, 5.41) is 4.89. The second kappa shape index (κ2) is 8.92. The third-order valence-corrected chi connectivity index (χ3v) is 4.61. The standard InChI is InChI=1S/C20H23ClN2O3/c1-14-10-11-22-23-19(14)16-8-9-17(18(21)20(16)26-13-24-2)25-12-15-6-4-3-5-7-15/h3-9,14,22H,10-13H2,1-2H3. The Hall–Kier alpha value is -2.24. The Kier molecular flexibility index (Phi) is 6.36. The maximum absolute atomic E-state index is 6.60. The van der Waals surface area contributed by atoms with Crippen molar-refractivity contribution < 1.29 is 14.2 Å². The number of hydrogen-bond donors (Lipinski definition) is 1. The Balaban J connectivity index is 1.89. The summed E-state index contributed by atoms with van der Waals surface area (Å²) in [5.74, 6) is 1.42. The summed E-state index contributed by atoms with van der Waals surface area (Å²) in [5.41, 5.74) is 5.91. The van der Waals surface area contributed by atoms with Crippen molar-refractivity contribution >= 4 is 17.3 Å². The minimum atomic E-state index is 0.101. The zero-order valence-corrected chi connectivity index (χ0v) is 15.8. The Morgan fingerprint density at radius 2 is 1.96 bits per heavy atom. The molecular weight excluding hydrogens is 352 g/mol. The van der Waals surface area contributed by atoms with Crippen LogP contribution in [0.15, 0.2) is 47.6 Å². The molecule has 6 heteroatoms. The molecule has 1 atom stereocenters. The van der Waals surface area contributed by atoms with Gasteiger partial charge >= 0.3 is 0 Å². The molecule has 1 heterocycles. The van der Waals surface area contributed by atoms with Crippen LogP contribution in [0.3, 0.4) is 0 Å². The van der Waals surface area contributed by atoms with Crippen molar-refractivity contribution in [1.82, 2.24) is 5.43 Å². The van der Waals surface area contributed by atoms with Crippen LogP contribution >= 0.6 is 11.6 Å². The van der Waals surface area contributed by atoms with Gasteiger partial charge < -0.3 is 19.6 Å². The highest BCUT2D eigenvalue weighted by Crippen LogP contribution is 2.39. The lowest BCUT2D eigenvalue weighted by atomic mass is 9.94. The van der Waals surface area contributed by atoms with Crippen LogP contribution in [0.2, 0.25) is 5.02 Å². The lowest BCUT2D eigenvalue weighted by Crippen LogP contribution is -2.27. The van der Waals surface area contributed by atoms with E-state index in [1.807, 2.05) is 42.5 Å². The van der Waals surface area contributed by atoms with Crippen molar-refractivity contribution in [3.8, 4) is 11.5 Å². The minimum Gasteiger partial charge on any atom is -0.487 e. The number of hydrogen-bond acceptors (Lipinski definition) is 5. The molecule has 2 aromatic rings. The molecule has 2 aromatic carbocycles. The average molecular weight is 375 g/mol. The molecule has 3 rings (SSSR count). The lowest BCUT2D eigenvalue weighted by molar-refractivity contribution is 0.0508. The number of rotatable bonds is 7. The highest BCUT2D eigenvalue weighted by molar-refractivity contribution is 6.34. The van der Waals surface area contributed by atoms with Gasteiger partial charge in [0.15, 0.2) is 12.5 Å². The molecule has 1 unspecified atom stereocenters. The van der Waals surface area contributed by atoms with Crippen LogP contribution in [0.1, 0.15) is 24.5 Å². The van der Waals surface area contributed by atoms with E-state index in [4.69, 9.17) is 25.8 Å². The van der Waals surface area contributed by atoms with E-state index in [1.54, 1.807) is 7.11 Å². The summed E-state index contributed by atoms with van der Waals surface area (Å²) in [6.45, 7) is 3.55. The summed E-state index contributed by atoms with van der Waals surface area (Å²) < 4.78 is 16.7. The number of nitrogens with zero attached hydrogens (tertiary/aromatic N) is 1. The second-order valence-electron chi connectivity index (χ2n) is 6.17. The van der Waals surface area contributed by atoms with E-state index in [9.17, 15) is 0 Å². The summed E-state index contributed by atoms with van der Waals surface area (Å²) in [4.78, 5) is 0. The molecule has 0 aliphatic carbocycles. The molecule has 0 saturated heterocycles. The Bertz CT molecular complexity index is 765. The summed E-state index contributed by atoms with van der Waals surface area (Å²) in [6, 6.07) is 13.8. The van der Waals surface area contributed by atoms with Gasteiger partial charge in [-0.1, -0.05) is 48.9 Å². The first-order chi connectivity index (χ1) is 12.7. The maximum atomic E-state index is 6.60. The fourth-order valence-corrected chi connectivity index (χ4v) is 3.11. The summed E-state index contributed by atoms with van der Waals surface area (Å²) >= 11 is 6.60. The average Bonchev–Trinajstić information content (AvgIpc) is 2.67. The van der Waals surface area contributed by atoms with Crippen LogP contribution in [-0.2, 0) is 11.3 Å². The van der Waals surface area contributed by atoms with Crippen molar-refractivity contribution in [1.29, 1.82) is 0 Å². The first-order valence-corrected chi connectivity index (χ1v) is 9.00. The molecule has 0 fully saturated rings. The first-order valence-electron chi connectivity index (χ1n) is 8.62. The molecule has 0 spiro atoms. The number of methoxy groups -OCH3 is 1. The van der Waals surface area contributed by atoms with Gasteiger partial charge in [-0.2, -0.15) is 5.10 Å². The molecule has 5 nitrogen and oxygen atoms in total. The molecule has 1 aliphatic heterocycles. The molecule has 0 saturated carbocycles. The minimum absolute atomic E-state index is 0.101. The van der Waals surface area contributed by atoms with Gasteiger partial charge in [0.2, 0.25) is 0 Å². The molecule has 0 amide bonds. The predicted molar refractivity (Wildman–Crippen MR) is 103 cm³/mol. The third-order valence-electron chi connectivity index (χ3n) is 4.25. The van der Waals surface area contributed by atoms with Gasteiger partial charge in [-0.3, -0.25) is 0 Å². The van der Waals surface area contributed by atoms with E-state index in [0.717, 1.165) is 29.8 Å². The number of halogens is 1. The van der Waals surface area contributed by atoms with Crippen molar-refractivity contribution in [2.45, 2.75) is 20.0 Å². The highest BCUT2D eigenvalue weighted by Gasteiger charge is 2.24. The van der Waals surface area contributed by atoms with Crippen LogP contribution in [0.4, 0.5) is 0 Å². The fraction of sp³-hybridized carbons (Fsp3) is 0.350. The topological polar surface area (TPSA) is 52.1 Å². The van der Waals surface area contributed by atoms with Crippen LogP contribution in [0.25, 0.3) is 0 Å².